The molecule has 3 aromatic rings. The molecule has 1 heterocycles. The molecule has 0 aliphatic carbocycles. The van der Waals surface area contributed by atoms with E-state index in [0.717, 1.165) is 28.3 Å². The van der Waals surface area contributed by atoms with Gasteiger partial charge in [-0.05, 0) is 54.3 Å². The first-order chi connectivity index (χ1) is 15.9. The van der Waals surface area contributed by atoms with Gasteiger partial charge in [0.15, 0.2) is 5.75 Å². The van der Waals surface area contributed by atoms with Crippen molar-refractivity contribution >= 4 is 40.7 Å². The van der Waals surface area contributed by atoms with Crippen LogP contribution in [0, 0.1) is 0 Å². The smallest absolute Gasteiger partial charge is 0.417 e. The zero-order valence-corrected chi connectivity index (χ0v) is 19.9. The molecule has 0 spiro atoms. The first-order valence-corrected chi connectivity index (χ1v) is 11.1. The number of aryl methyl sites for hydroxylation is 1. The van der Waals surface area contributed by atoms with E-state index < -0.39 is 34.0 Å². The third-order valence-corrected chi connectivity index (χ3v) is 6.20. The topological polar surface area (TPSA) is 71.3 Å². The van der Waals surface area contributed by atoms with Gasteiger partial charge in [-0.25, -0.2) is 0 Å². The van der Waals surface area contributed by atoms with Crippen LogP contribution in [-0.2, 0) is 19.6 Å². The predicted octanol–water partition coefficient (Wildman–Crippen LogP) is 6.10. The Labute approximate surface area is 207 Å². The van der Waals surface area contributed by atoms with Gasteiger partial charge in [-0.3, -0.25) is 9.59 Å². The molecule has 34 heavy (non-hydrogen) atoms. The molecule has 0 saturated heterocycles. The van der Waals surface area contributed by atoms with Crippen molar-refractivity contribution in [3.05, 3.63) is 84.6 Å². The molecular formula is C23H18Cl3F3N2O3. The number of carbonyl (C=O) groups is 1. The molecule has 0 saturated carbocycles. The fourth-order valence-corrected chi connectivity index (χ4v) is 3.87. The van der Waals surface area contributed by atoms with Crippen molar-refractivity contribution in [1.29, 1.82) is 0 Å². The van der Waals surface area contributed by atoms with Gasteiger partial charge in [-0.15, -0.1) is 0 Å². The highest BCUT2D eigenvalue weighted by molar-refractivity contribution is 6.42. The van der Waals surface area contributed by atoms with Crippen LogP contribution in [0.1, 0.15) is 27.9 Å². The highest BCUT2D eigenvalue weighted by Gasteiger charge is 2.33. The van der Waals surface area contributed by atoms with Crippen LogP contribution in [-0.4, -0.2) is 22.1 Å². The molecule has 0 bridgehead atoms. The van der Waals surface area contributed by atoms with E-state index in [4.69, 9.17) is 34.8 Å². The third kappa shape index (κ3) is 5.68. The van der Waals surface area contributed by atoms with Crippen LogP contribution in [0.5, 0.6) is 5.75 Å². The van der Waals surface area contributed by atoms with Gasteiger partial charge in [-0.1, -0.05) is 46.9 Å². The summed E-state index contributed by atoms with van der Waals surface area (Å²) in [5.74, 6) is -1.55. The highest BCUT2D eigenvalue weighted by atomic mass is 35.5. The molecule has 0 aliphatic heterocycles. The lowest BCUT2D eigenvalue weighted by Gasteiger charge is -2.15. The minimum Gasteiger partial charge on any atom is -0.502 e. The molecule has 11 heteroatoms. The molecule has 5 nitrogen and oxygen atoms in total. The zero-order valence-electron chi connectivity index (χ0n) is 17.6. The van der Waals surface area contributed by atoms with Crippen molar-refractivity contribution in [2.45, 2.75) is 19.0 Å². The van der Waals surface area contributed by atoms with Crippen LogP contribution in [0.15, 0.2) is 47.3 Å². The first-order valence-electron chi connectivity index (χ1n) is 9.92. The lowest BCUT2D eigenvalue weighted by Crippen LogP contribution is -2.28. The molecule has 1 amide bonds. The summed E-state index contributed by atoms with van der Waals surface area (Å²) >= 11 is 17.5. The van der Waals surface area contributed by atoms with Crippen LogP contribution in [0.3, 0.4) is 0 Å². The molecule has 0 unspecified atom stereocenters. The number of benzene rings is 2. The molecule has 2 aromatic carbocycles. The molecule has 0 fully saturated rings. The van der Waals surface area contributed by atoms with E-state index in [1.54, 1.807) is 18.2 Å². The lowest BCUT2D eigenvalue weighted by atomic mass is 10.0. The quantitative estimate of drug-likeness (QED) is 0.376. The number of hydrogen-bond donors (Lipinski definition) is 2. The number of aromatic hydroxyl groups is 1. The van der Waals surface area contributed by atoms with Crippen LogP contribution >= 0.6 is 34.8 Å². The summed E-state index contributed by atoms with van der Waals surface area (Å²) in [7, 11) is 1.28. The van der Waals surface area contributed by atoms with Crippen LogP contribution < -0.4 is 10.9 Å². The third-order valence-electron chi connectivity index (χ3n) is 5.13. The number of nitrogens with zero attached hydrogens (tertiary/aromatic N) is 1. The lowest BCUT2D eigenvalue weighted by molar-refractivity contribution is -0.137. The number of pyridine rings is 1. The van der Waals surface area contributed by atoms with E-state index >= 15 is 0 Å². The number of aromatic nitrogens is 1. The summed E-state index contributed by atoms with van der Waals surface area (Å²) in [5.41, 5.74) is -1.44. The Morgan fingerprint density at radius 2 is 1.71 bits per heavy atom. The van der Waals surface area contributed by atoms with Crippen molar-refractivity contribution < 1.29 is 23.1 Å². The van der Waals surface area contributed by atoms with E-state index in [1.165, 1.54) is 13.1 Å². The molecule has 2 N–H and O–H groups in total. The number of amides is 1. The Hall–Kier alpha value is -2.68. The normalized spacial score (nSPS) is 11.5. The Bertz CT molecular complexity index is 1310. The van der Waals surface area contributed by atoms with Gasteiger partial charge in [0, 0.05) is 13.6 Å². The second-order valence-corrected chi connectivity index (χ2v) is 8.68. The zero-order chi connectivity index (χ0) is 25.2. The van der Waals surface area contributed by atoms with E-state index in [-0.39, 0.29) is 23.4 Å². The summed E-state index contributed by atoms with van der Waals surface area (Å²) in [6.07, 6.45) is -3.61. The van der Waals surface area contributed by atoms with Crippen LogP contribution in [0.25, 0.3) is 11.3 Å². The maximum Gasteiger partial charge on any atom is 0.417 e. The maximum atomic E-state index is 13.3. The van der Waals surface area contributed by atoms with Gasteiger partial charge >= 0.3 is 6.18 Å². The summed E-state index contributed by atoms with van der Waals surface area (Å²) < 4.78 is 40.7. The second kappa shape index (κ2) is 10.3. The molecule has 3 rings (SSSR count). The molecule has 0 radical (unpaired) electrons. The number of halogens is 6. The number of alkyl halides is 3. The van der Waals surface area contributed by atoms with Crippen molar-refractivity contribution in [3.63, 3.8) is 0 Å². The van der Waals surface area contributed by atoms with Crippen LogP contribution in [0.4, 0.5) is 13.2 Å². The largest absolute Gasteiger partial charge is 0.502 e. The minimum absolute atomic E-state index is 0.00462. The average molecular weight is 534 g/mol. The predicted molar refractivity (Wildman–Crippen MR) is 126 cm³/mol. The number of rotatable bonds is 6. The van der Waals surface area contributed by atoms with Gasteiger partial charge in [-0.2, -0.15) is 13.2 Å². The Morgan fingerprint density at radius 3 is 2.35 bits per heavy atom. The minimum atomic E-state index is -4.71. The number of nitrogens with one attached hydrogen (secondary N) is 1. The second-order valence-electron chi connectivity index (χ2n) is 7.46. The molecule has 180 valence electrons. The number of carbonyl (C=O) groups excluding carboxylic acids is 1. The maximum absolute atomic E-state index is 13.3. The fraction of sp³-hybridized carbons (Fsp3) is 0.217. The van der Waals surface area contributed by atoms with E-state index in [9.17, 15) is 27.9 Å². The first kappa shape index (κ1) is 25.9. The summed E-state index contributed by atoms with van der Waals surface area (Å²) in [6, 6.07) is 9.48. The molecule has 1 aromatic heterocycles. The van der Waals surface area contributed by atoms with Gasteiger partial charge in [0.1, 0.15) is 0 Å². The van der Waals surface area contributed by atoms with E-state index in [2.05, 4.69) is 5.32 Å². The van der Waals surface area contributed by atoms with Gasteiger partial charge < -0.3 is 15.0 Å². The Kier molecular flexibility index (Phi) is 7.85. The Morgan fingerprint density at radius 1 is 1.03 bits per heavy atom. The highest BCUT2D eigenvalue weighted by Crippen LogP contribution is 2.37. The average Bonchev–Trinajstić information content (AvgIpc) is 2.77. The van der Waals surface area contributed by atoms with Crippen molar-refractivity contribution in [3.8, 4) is 17.0 Å². The van der Waals surface area contributed by atoms with Crippen molar-refractivity contribution in [1.82, 2.24) is 9.88 Å². The molecule has 0 atom stereocenters. The van der Waals surface area contributed by atoms with E-state index in [0.29, 0.717) is 22.9 Å². The summed E-state index contributed by atoms with van der Waals surface area (Å²) in [6.45, 7) is 0.211. The van der Waals surface area contributed by atoms with Crippen LogP contribution in [0.2, 0.25) is 15.1 Å². The van der Waals surface area contributed by atoms with Crippen molar-refractivity contribution in [2.24, 2.45) is 7.05 Å². The van der Waals surface area contributed by atoms with Gasteiger partial charge in [0.05, 0.1) is 31.9 Å². The number of hydrogen-bond acceptors (Lipinski definition) is 3. The summed E-state index contributed by atoms with van der Waals surface area (Å²) in [4.78, 5) is 25.1. The molecular weight excluding hydrogens is 516 g/mol. The van der Waals surface area contributed by atoms with Crippen molar-refractivity contribution in [2.75, 3.05) is 6.54 Å². The standard InChI is InChI=1S/C23H18Cl3F3N2O3/c1-31-19(13-5-7-16(24)15(10-13)23(27,28)29)11-14(20(32)22(31)34)21(33)30-8-2-3-12-4-6-17(25)18(26)9-12/h4-7,9-11,32H,2-3,8H2,1H3,(H,30,33). The SMILES string of the molecule is Cn1c(-c2ccc(Cl)c(C(F)(F)F)c2)cc(C(=O)NCCCc2ccc(Cl)c(Cl)c2)c(O)c1=O. The molecule has 0 aliphatic rings. The fourth-order valence-electron chi connectivity index (χ4n) is 3.32. The monoisotopic (exact) mass is 532 g/mol. The Balaban J connectivity index is 1.82. The van der Waals surface area contributed by atoms with E-state index in [1.807, 2.05) is 0 Å². The van der Waals surface area contributed by atoms with Gasteiger partial charge in [0.25, 0.3) is 11.5 Å². The summed E-state index contributed by atoms with van der Waals surface area (Å²) in [5, 5.41) is 13.2. The van der Waals surface area contributed by atoms with Gasteiger partial charge in [0.2, 0.25) is 0 Å².